The van der Waals surface area contributed by atoms with E-state index in [0.29, 0.717) is 18.7 Å². The monoisotopic (exact) mass is 329 g/mol. The number of likely N-dealkylation sites (tertiary alicyclic amines) is 1. The van der Waals surface area contributed by atoms with Crippen LogP contribution in [0.1, 0.15) is 28.0 Å². The number of nitrogens with zero attached hydrogens (tertiary/aromatic N) is 2. The molecule has 1 aromatic carbocycles. The van der Waals surface area contributed by atoms with Gasteiger partial charge < -0.3 is 14.7 Å². The summed E-state index contributed by atoms with van der Waals surface area (Å²) < 4.78 is 5.33. The fourth-order valence-electron chi connectivity index (χ4n) is 3.10. The number of aliphatic hydroxyl groups excluding tert-OH is 1. The Balaban J connectivity index is 1.82. The predicted molar refractivity (Wildman–Crippen MR) is 90.8 cm³/mol. The van der Waals surface area contributed by atoms with Crippen LogP contribution in [-0.2, 0) is 4.74 Å². The van der Waals surface area contributed by atoms with E-state index in [1.165, 1.54) is 11.1 Å². The van der Waals surface area contributed by atoms with E-state index in [2.05, 4.69) is 30.1 Å². The van der Waals surface area contributed by atoms with Crippen molar-refractivity contribution in [1.29, 1.82) is 0 Å². The summed E-state index contributed by atoms with van der Waals surface area (Å²) in [6.07, 6.45) is 0.616. The van der Waals surface area contributed by atoms with E-state index in [1.807, 2.05) is 12.1 Å². The molecule has 1 aliphatic rings. The van der Waals surface area contributed by atoms with Crippen LogP contribution in [0.15, 0.2) is 24.3 Å². The van der Waals surface area contributed by atoms with Crippen molar-refractivity contribution in [1.82, 2.24) is 15.1 Å². The van der Waals surface area contributed by atoms with Gasteiger partial charge in [0.05, 0.1) is 24.4 Å². The summed E-state index contributed by atoms with van der Waals surface area (Å²) in [6.45, 7) is 4.54. The Bertz CT molecular complexity index is 741. The highest BCUT2D eigenvalue weighted by Crippen LogP contribution is 2.24. The second kappa shape index (κ2) is 6.75. The van der Waals surface area contributed by atoms with E-state index in [4.69, 9.17) is 4.74 Å². The summed E-state index contributed by atoms with van der Waals surface area (Å²) in [7, 11) is 1.63. The van der Waals surface area contributed by atoms with Gasteiger partial charge in [-0.05, 0) is 43.5 Å². The third kappa shape index (κ3) is 3.07. The average molecular weight is 329 g/mol. The van der Waals surface area contributed by atoms with Crippen LogP contribution in [0.2, 0.25) is 0 Å². The van der Waals surface area contributed by atoms with Gasteiger partial charge >= 0.3 is 0 Å². The van der Waals surface area contributed by atoms with Crippen LogP contribution in [0.5, 0.6) is 0 Å². The molecule has 2 heterocycles. The number of methoxy groups -OCH3 is 1. The molecule has 0 unspecified atom stereocenters. The molecule has 0 radical (unpaired) electrons. The van der Waals surface area contributed by atoms with Gasteiger partial charge in [-0.15, -0.1) is 0 Å². The minimum Gasteiger partial charge on any atom is -0.394 e. The highest BCUT2D eigenvalue weighted by Gasteiger charge is 2.35. The van der Waals surface area contributed by atoms with Crippen LogP contribution in [0.25, 0.3) is 11.3 Å². The molecular weight excluding hydrogens is 306 g/mol. The first kappa shape index (κ1) is 16.7. The van der Waals surface area contributed by atoms with Crippen molar-refractivity contribution >= 4 is 5.91 Å². The number of carbonyl (C=O) groups is 1. The Morgan fingerprint density at radius 2 is 2.17 bits per heavy atom. The number of H-pyrrole nitrogens is 1. The predicted octanol–water partition coefficient (Wildman–Crippen LogP) is 1.92. The molecule has 2 aromatic rings. The lowest BCUT2D eigenvalue weighted by Gasteiger charge is -2.21. The van der Waals surface area contributed by atoms with Gasteiger partial charge in [0, 0.05) is 19.2 Å². The highest BCUT2D eigenvalue weighted by molar-refractivity contribution is 5.93. The molecule has 1 fully saturated rings. The van der Waals surface area contributed by atoms with Gasteiger partial charge in [0.1, 0.15) is 5.69 Å². The lowest BCUT2D eigenvalue weighted by Crippen LogP contribution is -2.38. The van der Waals surface area contributed by atoms with E-state index in [9.17, 15) is 9.90 Å². The third-order valence-corrected chi connectivity index (χ3v) is 4.79. The molecule has 0 aliphatic carbocycles. The molecule has 6 heteroatoms. The molecule has 0 saturated carbocycles. The number of hydrogen-bond donors (Lipinski definition) is 2. The first-order valence-corrected chi connectivity index (χ1v) is 8.11. The lowest BCUT2D eigenvalue weighted by atomic mass is 10.0. The SMILES string of the molecule is CO[C@@H]1C[C@@H](CO)N(C(=O)c2cc(-c3ccc(C)c(C)c3)n[nH]2)C1. The van der Waals surface area contributed by atoms with Crippen LogP contribution < -0.4 is 0 Å². The van der Waals surface area contributed by atoms with Crippen LogP contribution in [0.4, 0.5) is 0 Å². The molecule has 0 spiro atoms. The maximum Gasteiger partial charge on any atom is 0.272 e. The van der Waals surface area contributed by atoms with Crippen molar-refractivity contribution in [3.63, 3.8) is 0 Å². The molecule has 1 saturated heterocycles. The molecular formula is C18H23N3O3. The molecule has 1 aliphatic heterocycles. The molecule has 2 atom stereocenters. The zero-order valence-corrected chi connectivity index (χ0v) is 14.2. The normalized spacial score (nSPS) is 20.6. The molecule has 1 amide bonds. The summed E-state index contributed by atoms with van der Waals surface area (Å²) in [5, 5.41) is 16.6. The number of aryl methyl sites for hydroxylation is 2. The second-order valence-corrected chi connectivity index (χ2v) is 6.35. The van der Waals surface area contributed by atoms with E-state index >= 15 is 0 Å². The van der Waals surface area contributed by atoms with Crippen molar-refractivity contribution < 1.29 is 14.6 Å². The van der Waals surface area contributed by atoms with Crippen molar-refractivity contribution in [3.05, 3.63) is 41.1 Å². The van der Waals surface area contributed by atoms with E-state index in [-0.39, 0.29) is 24.7 Å². The number of aromatic amines is 1. The summed E-state index contributed by atoms with van der Waals surface area (Å²) in [6, 6.07) is 7.66. The molecule has 1 aromatic heterocycles. The number of benzene rings is 1. The standard InChI is InChI=1S/C18H23N3O3/c1-11-4-5-13(6-12(11)2)16-8-17(20-19-16)18(23)21-9-15(24-3)7-14(21)10-22/h4-6,8,14-15,22H,7,9-10H2,1-3H3,(H,19,20)/t14-,15+/m0/s1. The van der Waals surface area contributed by atoms with Crippen LogP contribution in [0, 0.1) is 13.8 Å². The maximum atomic E-state index is 12.7. The smallest absolute Gasteiger partial charge is 0.272 e. The Hall–Kier alpha value is -2.18. The minimum atomic E-state index is -0.212. The molecule has 2 N–H and O–H groups in total. The van der Waals surface area contributed by atoms with Crippen molar-refractivity contribution in [2.75, 3.05) is 20.3 Å². The van der Waals surface area contributed by atoms with Crippen LogP contribution >= 0.6 is 0 Å². The fourth-order valence-corrected chi connectivity index (χ4v) is 3.10. The summed E-state index contributed by atoms with van der Waals surface area (Å²) >= 11 is 0. The lowest BCUT2D eigenvalue weighted by molar-refractivity contribution is 0.0642. The van der Waals surface area contributed by atoms with Crippen LogP contribution in [0.3, 0.4) is 0 Å². The quantitative estimate of drug-likeness (QED) is 0.898. The minimum absolute atomic E-state index is 0.0340. The largest absolute Gasteiger partial charge is 0.394 e. The zero-order chi connectivity index (χ0) is 17.3. The molecule has 6 nitrogen and oxygen atoms in total. The van der Waals surface area contributed by atoms with Crippen molar-refractivity contribution in [3.8, 4) is 11.3 Å². The van der Waals surface area contributed by atoms with Gasteiger partial charge in [-0.3, -0.25) is 9.89 Å². The Labute approximate surface area is 141 Å². The Morgan fingerprint density at radius 3 is 2.83 bits per heavy atom. The average Bonchev–Trinajstić information content (AvgIpc) is 3.23. The number of hydrogen-bond acceptors (Lipinski definition) is 4. The fraction of sp³-hybridized carbons (Fsp3) is 0.444. The van der Waals surface area contributed by atoms with Gasteiger partial charge in [0.25, 0.3) is 5.91 Å². The number of aliphatic hydroxyl groups is 1. The van der Waals surface area contributed by atoms with Gasteiger partial charge in [-0.25, -0.2) is 0 Å². The second-order valence-electron chi connectivity index (χ2n) is 6.35. The summed E-state index contributed by atoms with van der Waals surface area (Å²) in [5.74, 6) is -0.156. The van der Waals surface area contributed by atoms with Gasteiger partial charge in [0.2, 0.25) is 0 Å². The Morgan fingerprint density at radius 1 is 1.38 bits per heavy atom. The molecule has 0 bridgehead atoms. The number of aromatic nitrogens is 2. The van der Waals surface area contributed by atoms with Crippen molar-refractivity contribution in [2.45, 2.75) is 32.4 Å². The number of nitrogens with one attached hydrogen (secondary N) is 1. The van der Waals surface area contributed by atoms with E-state index in [1.54, 1.807) is 18.1 Å². The van der Waals surface area contributed by atoms with Crippen LogP contribution in [-0.4, -0.2) is 58.5 Å². The Kier molecular flexibility index (Phi) is 4.69. The van der Waals surface area contributed by atoms with Gasteiger partial charge in [0.15, 0.2) is 0 Å². The topological polar surface area (TPSA) is 78.5 Å². The molecule has 3 rings (SSSR count). The van der Waals surface area contributed by atoms with Gasteiger partial charge in [-0.1, -0.05) is 12.1 Å². The van der Waals surface area contributed by atoms with Crippen molar-refractivity contribution in [2.24, 2.45) is 0 Å². The zero-order valence-electron chi connectivity index (χ0n) is 14.2. The summed E-state index contributed by atoms with van der Waals surface area (Å²) in [4.78, 5) is 14.4. The van der Waals surface area contributed by atoms with E-state index in [0.717, 1.165) is 11.3 Å². The highest BCUT2D eigenvalue weighted by atomic mass is 16.5. The molecule has 24 heavy (non-hydrogen) atoms. The molecule has 128 valence electrons. The first-order valence-electron chi connectivity index (χ1n) is 8.11. The number of ether oxygens (including phenoxy) is 1. The number of amides is 1. The maximum absolute atomic E-state index is 12.7. The van der Waals surface area contributed by atoms with E-state index < -0.39 is 0 Å². The first-order chi connectivity index (χ1) is 11.5. The third-order valence-electron chi connectivity index (χ3n) is 4.79. The van der Waals surface area contributed by atoms with Gasteiger partial charge in [-0.2, -0.15) is 5.10 Å². The number of carbonyl (C=O) groups excluding carboxylic acids is 1. The summed E-state index contributed by atoms with van der Waals surface area (Å²) in [5.41, 5.74) is 4.55. The number of rotatable bonds is 4.